The largest absolute Gasteiger partial charge is 0.494 e. The summed E-state index contributed by atoms with van der Waals surface area (Å²) in [6.45, 7) is 1.34. The zero-order valence-corrected chi connectivity index (χ0v) is 12.7. The molecule has 0 spiro atoms. The fourth-order valence-electron chi connectivity index (χ4n) is 2.94. The second-order valence-electron chi connectivity index (χ2n) is 5.77. The Morgan fingerprint density at radius 3 is 2.76 bits per heavy atom. The van der Waals surface area contributed by atoms with E-state index in [0.29, 0.717) is 6.61 Å². The monoisotopic (exact) mass is 288 g/mol. The van der Waals surface area contributed by atoms with E-state index in [-0.39, 0.29) is 5.92 Å². The fraction of sp³-hybridized carbons (Fsp3) is 0.588. The van der Waals surface area contributed by atoms with E-state index < -0.39 is 5.54 Å². The Labute approximate surface area is 126 Å². The van der Waals surface area contributed by atoms with Crippen molar-refractivity contribution in [2.24, 2.45) is 11.7 Å². The molecule has 2 unspecified atom stereocenters. The van der Waals surface area contributed by atoms with Crippen molar-refractivity contribution in [2.75, 3.05) is 20.3 Å². The summed E-state index contributed by atoms with van der Waals surface area (Å²) in [5.74, 6) is 1.12. The van der Waals surface area contributed by atoms with E-state index in [2.05, 4.69) is 18.2 Å². The Morgan fingerprint density at radius 2 is 2.10 bits per heavy atom. The van der Waals surface area contributed by atoms with E-state index in [9.17, 15) is 5.26 Å². The molecule has 1 aliphatic carbocycles. The van der Waals surface area contributed by atoms with Gasteiger partial charge in [0.1, 0.15) is 11.3 Å². The van der Waals surface area contributed by atoms with Gasteiger partial charge in [-0.3, -0.25) is 0 Å². The van der Waals surface area contributed by atoms with Crippen LogP contribution in [0.3, 0.4) is 0 Å². The minimum absolute atomic E-state index is 0.253. The minimum atomic E-state index is -0.645. The van der Waals surface area contributed by atoms with Gasteiger partial charge in [-0.25, -0.2) is 0 Å². The summed E-state index contributed by atoms with van der Waals surface area (Å²) >= 11 is 0. The molecule has 1 aromatic carbocycles. The second kappa shape index (κ2) is 7.44. The maximum absolute atomic E-state index is 9.19. The average molecular weight is 288 g/mol. The molecule has 114 valence electrons. The Morgan fingerprint density at radius 1 is 1.33 bits per heavy atom. The molecule has 2 rings (SSSR count). The molecule has 4 heteroatoms. The number of rotatable bonds is 7. The molecule has 1 aromatic rings. The molecule has 21 heavy (non-hydrogen) atoms. The molecule has 0 radical (unpaired) electrons. The van der Waals surface area contributed by atoms with Gasteiger partial charge in [0.05, 0.1) is 19.3 Å². The van der Waals surface area contributed by atoms with Crippen LogP contribution >= 0.6 is 0 Å². The van der Waals surface area contributed by atoms with Crippen LogP contribution in [0.25, 0.3) is 0 Å². The molecule has 2 atom stereocenters. The maximum Gasteiger partial charge on any atom is 0.119 e. The van der Waals surface area contributed by atoms with Gasteiger partial charge in [0.2, 0.25) is 0 Å². The summed E-state index contributed by atoms with van der Waals surface area (Å²) in [5.41, 5.74) is 6.72. The van der Waals surface area contributed by atoms with Crippen LogP contribution in [-0.2, 0) is 11.2 Å². The molecular formula is C17H24N2O2. The Hall–Kier alpha value is -1.57. The average Bonchev–Trinajstić information content (AvgIpc) is 2.88. The number of ether oxygens (including phenoxy) is 2. The van der Waals surface area contributed by atoms with Crippen molar-refractivity contribution in [1.29, 1.82) is 5.26 Å². The normalized spacial score (nSPS) is 24.7. The van der Waals surface area contributed by atoms with Crippen LogP contribution in [0.15, 0.2) is 24.3 Å². The van der Waals surface area contributed by atoms with Gasteiger partial charge < -0.3 is 15.2 Å². The van der Waals surface area contributed by atoms with Gasteiger partial charge >= 0.3 is 0 Å². The van der Waals surface area contributed by atoms with Crippen molar-refractivity contribution < 1.29 is 9.47 Å². The number of methoxy groups -OCH3 is 1. The summed E-state index contributed by atoms with van der Waals surface area (Å²) in [5, 5.41) is 9.19. The van der Waals surface area contributed by atoms with Gasteiger partial charge in [-0.2, -0.15) is 5.26 Å². The van der Waals surface area contributed by atoms with E-state index in [1.807, 2.05) is 12.1 Å². The standard InChI is InChI=1S/C17H24N2O2/c1-20-11-8-14-4-6-16(7-5-14)21-12-9-15-3-2-10-17(15,19)13-18/h4-7,15H,2-3,8-12,19H2,1H3. The van der Waals surface area contributed by atoms with Gasteiger partial charge in [-0.05, 0) is 49.3 Å². The summed E-state index contributed by atoms with van der Waals surface area (Å²) in [6.07, 6.45) is 4.64. The van der Waals surface area contributed by atoms with E-state index in [1.165, 1.54) is 5.56 Å². The van der Waals surface area contributed by atoms with E-state index in [1.54, 1.807) is 7.11 Å². The van der Waals surface area contributed by atoms with Crippen LogP contribution in [0.4, 0.5) is 0 Å². The molecule has 4 nitrogen and oxygen atoms in total. The van der Waals surface area contributed by atoms with Gasteiger partial charge in [0, 0.05) is 7.11 Å². The molecular weight excluding hydrogens is 264 g/mol. The SMILES string of the molecule is COCCc1ccc(OCCC2CCCC2(N)C#N)cc1. The lowest BCUT2D eigenvalue weighted by molar-refractivity contribution is 0.202. The highest BCUT2D eigenvalue weighted by molar-refractivity contribution is 5.27. The molecule has 0 heterocycles. The predicted molar refractivity (Wildman–Crippen MR) is 82.0 cm³/mol. The Bertz CT molecular complexity index is 481. The number of nitrogens with two attached hydrogens (primary N) is 1. The molecule has 1 fully saturated rings. The number of hydrogen-bond acceptors (Lipinski definition) is 4. The third kappa shape index (κ3) is 4.20. The molecule has 0 aromatic heterocycles. The topological polar surface area (TPSA) is 68.3 Å². The second-order valence-corrected chi connectivity index (χ2v) is 5.77. The van der Waals surface area contributed by atoms with Crippen molar-refractivity contribution in [1.82, 2.24) is 0 Å². The third-order valence-corrected chi connectivity index (χ3v) is 4.33. The molecule has 0 bridgehead atoms. The quantitative estimate of drug-likeness (QED) is 0.837. The Balaban J connectivity index is 1.77. The number of nitriles is 1. The zero-order chi connectivity index (χ0) is 15.1. The number of nitrogens with zero attached hydrogens (tertiary/aromatic N) is 1. The van der Waals surface area contributed by atoms with Gasteiger partial charge in [-0.1, -0.05) is 18.6 Å². The maximum atomic E-state index is 9.19. The first-order valence-electron chi connectivity index (χ1n) is 7.59. The highest BCUT2D eigenvalue weighted by Crippen LogP contribution is 2.35. The van der Waals surface area contributed by atoms with Crippen LogP contribution < -0.4 is 10.5 Å². The van der Waals surface area contributed by atoms with Crippen molar-refractivity contribution in [3.8, 4) is 11.8 Å². The first kappa shape index (κ1) is 15.8. The van der Waals surface area contributed by atoms with Crippen molar-refractivity contribution >= 4 is 0 Å². The fourth-order valence-corrected chi connectivity index (χ4v) is 2.94. The van der Waals surface area contributed by atoms with E-state index in [4.69, 9.17) is 15.2 Å². The molecule has 0 amide bonds. The first-order chi connectivity index (χ1) is 10.2. The minimum Gasteiger partial charge on any atom is -0.494 e. The highest BCUT2D eigenvalue weighted by Gasteiger charge is 2.39. The molecule has 0 aliphatic heterocycles. The molecule has 2 N–H and O–H groups in total. The first-order valence-corrected chi connectivity index (χ1v) is 7.59. The van der Waals surface area contributed by atoms with Crippen LogP contribution in [0, 0.1) is 17.2 Å². The van der Waals surface area contributed by atoms with Crippen molar-refractivity contribution in [3.05, 3.63) is 29.8 Å². The lowest BCUT2D eigenvalue weighted by Gasteiger charge is -2.23. The van der Waals surface area contributed by atoms with E-state index >= 15 is 0 Å². The summed E-state index contributed by atoms with van der Waals surface area (Å²) in [4.78, 5) is 0. The van der Waals surface area contributed by atoms with Crippen LogP contribution in [-0.4, -0.2) is 25.9 Å². The van der Waals surface area contributed by atoms with Gasteiger partial charge in [0.15, 0.2) is 0 Å². The zero-order valence-electron chi connectivity index (χ0n) is 12.7. The smallest absolute Gasteiger partial charge is 0.119 e. The third-order valence-electron chi connectivity index (χ3n) is 4.33. The summed E-state index contributed by atoms with van der Waals surface area (Å²) < 4.78 is 10.8. The summed E-state index contributed by atoms with van der Waals surface area (Å²) in [7, 11) is 1.71. The van der Waals surface area contributed by atoms with E-state index in [0.717, 1.165) is 44.5 Å². The van der Waals surface area contributed by atoms with Crippen LogP contribution in [0.1, 0.15) is 31.2 Å². The van der Waals surface area contributed by atoms with Gasteiger partial charge in [-0.15, -0.1) is 0 Å². The highest BCUT2D eigenvalue weighted by atomic mass is 16.5. The lowest BCUT2D eigenvalue weighted by Crippen LogP contribution is -2.42. The molecule has 1 aliphatic rings. The molecule has 0 saturated heterocycles. The Kier molecular flexibility index (Phi) is 5.60. The summed E-state index contributed by atoms with van der Waals surface area (Å²) in [6, 6.07) is 10.4. The van der Waals surface area contributed by atoms with Gasteiger partial charge in [0.25, 0.3) is 0 Å². The van der Waals surface area contributed by atoms with Crippen molar-refractivity contribution in [2.45, 2.75) is 37.6 Å². The number of hydrogen-bond donors (Lipinski definition) is 1. The predicted octanol–water partition coefficient (Wildman–Crippen LogP) is 2.67. The van der Waals surface area contributed by atoms with Crippen LogP contribution in [0.2, 0.25) is 0 Å². The molecule has 1 saturated carbocycles. The lowest BCUT2D eigenvalue weighted by atomic mass is 9.87. The van der Waals surface area contributed by atoms with Crippen LogP contribution in [0.5, 0.6) is 5.75 Å². The van der Waals surface area contributed by atoms with Crippen molar-refractivity contribution in [3.63, 3.8) is 0 Å². The number of benzene rings is 1.